The molecule has 1 saturated heterocycles. The predicted octanol–water partition coefficient (Wildman–Crippen LogP) is 3.90. The van der Waals surface area contributed by atoms with Crippen LogP contribution in [0.5, 0.6) is 0 Å². The maximum atomic E-state index is 13.4. The van der Waals surface area contributed by atoms with E-state index in [1.807, 2.05) is 26.8 Å². The first-order valence-corrected chi connectivity index (χ1v) is 10.1. The minimum absolute atomic E-state index is 0.0530. The van der Waals surface area contributed by atoms with Crippen LogP contribution in [0.25, 0.3) is 16.7 Å². The number of likely N-dealkylation sites (tertiary alicyclic amines) is 1. The summed E-state index contributed by atoms with van der Waals surface area (Å²) in [6.45, 7) is 6.56. The highest BCUT2D eigenvalue weighted by molar-refractivity contribution is 5.77. The Kier molecular flexibility index (Phi) is 5.09. The molecule has 1 aromatic carbocycles. The molecule has 0 unspecified atom stereocenters. The molecule has 0 atom stereocenters. The third kappa shape index (κ3) is 3.81. The Labute approximate surface area is 173 Å². The van der Waals surface area contributed by atoms with Crippen molar-refractivity contribution >= 4 is 17.1 Å². The molecule has 8 heteroatoms. The molecule has 2 aromatic heterocycles. The molecule has 4 rings (SSSR count). The van der Waals surface area contributed by atoms with Gasteiger partial charge in [0.15, 0.2) is 0 Å². The van der Waals surface area contributed by atoms with Gasteiger partial charge in [0.05, 0.1) is 22.9 Å². The number of carbonyl (C=O) groups excluding carboxylic acids is 1. The zero-order valence-corrected chi connectivity index (χ0v) is 17.3. The molecule has 1 fully saturated rings. The van der Waals surface area contributed by atoms with Gasteiger partial charge in [0, 0.05) is 25.3 Å². The molecule has 0 radical (unpaired) electrons. The fraction of sp³-hybridized carbons (Fsp3) is 0.409. The number of carbonyl (C=O) groups is 1. The summed E-state index contributed by atoms with van der Waals surface area (Å²) in [5.74, 6) is -0.358. The lowest BCUT2D eigenvalue weighted by atomic mass is 10.1. The van der Waals surface area contributed by atoms with E-state index >= 15 is 0 Å². The first-order chi connectivity index (χ1) is 14.2. The molecular formula is C22H25FN4O3. The monoisotopic (exact) mass is 412 g/mol. The second kappa shape index (κ2) is 7.59. The van der Waals surface area contributed by atoms with Gasteiger partial charge in [0.1, 0.15) is 11.4 Å². The number of hydrogen-bond acceptors (Lipinski definition) is 4. The van der Waals surface area contributed by atoms with E-state index in [0.29, 0.717) is 37.1 Å². The van der Waals surface area contributed by atoms with Gasteiger partial charge in [0.25, 0.3) is 0 Å². The molecule has 0 saturated carbocycles. The molecule has 1 aliphatic rings. The zero-order valence-electron chi connectivity index (χ0n) is 17.3. The average Bonchev–Trinajstić information content (AvgIpc) is 2.99. The van der Waals surface area contributed by atoms with Crippen LogP contribution in [-0.2, 0) is 4.74 Å². The number of fused-ring (bicyclic) bond motifs is 1. The van der Waals surface area contributed by atoms with E-state index in [1.54, 1.807) is 38.6 Å². The van der Waals surface area contributed by atoms with Crippen molar-refractivity contribution in [3.05, 3.63) is 59.0 Å². The van der Waals surface area contributed by atoms with Gasteiger partial charge in [-0.25, -0.2) is 14.0 Å². The van der Waals surface area contributed by atoms with E-state index in [2.05, 4.69) is 4.98 Å². The summed E-state index contributed by atoms with van der Waals surface area (Å²) < 4.78 is 22.2. The van der Waals surface area contributed by atoms with Crippen LogP contribution in [0.15, 0.2) is 47.5 Å². The molecule has 7 nitrogen and oxygen atoms in total. The lowest BCUT2D eigenvalue weighted by molar-refractivity contribution is 0.0189. The van der Waals surface area contributed by atoms with E-state index < -0.39 is 5.60 Å². The smallest absolute Gasteiger partial charge is 0.410 e. The van der Waals surface area contributed by atoms with Crippen molar-refractivity contribution in [3.8, 4) is 5.69 Å². The molecule has 0 spiro atoms. The average molecular weight is 412 g/mol. The van der Waals surface area contributed by atoms with Crippen LogP contribution in [0.3, 0.4) is 0 Å². The van der Waals surface area contributed by atoms with Crippen molar-refractivity contribution in [3.63, 3.8) is 0 Å². The van der Waals surface area contributed by atoms with Crippen LogP contribution in [0.4, 0.5) is 9.18 Å². The number of benzene rings is 1. The Bertz CT molecular complexity index is 1120. The summed E-state index contributed by atoms with van der Waals surface area (Å²) in [5, 5.41) is 0. The van der Waals surface area contributed by atoms with Gasteiger partial charge in [-0.3, -0.25) is 14.1 Å². The van der Waals surface area contributed by atoms with Gasteiger partial charge in [0.2, 0.25) is 0 Å². The zero-order chi connectivity index (χ0) is 21.5. The number of halogens is 1. The second-order valence-corrected chi connectivity index (χ2v) is 8.53. The summed E-state index contributed by atoms with van der Waals surface area (Å²) in [6, 6.07) is 7.60. The van der Waals surface area contributed by atoms with E-state index in [0.717, 1.165) is 5.52 Å². The number of pyridine rings is 1. The van der Waals surface area contributed by atoms with Crippen LogP contribution < -0.4 is 5.69 Å². The van der Waals surface area contributed by atoms with Crippen molar-refractivity contribution in [1.82, 2.24) is 19.0 Å². The topological polar surface area (TPSA) is 69.4 Å². The van der Waals surface area contributed by atoms with Gasteiger partial charge in [-0.15, -0.1) is 0 Å². The van der Waals surface area contributed by atoms with Gasteiger partial charge < -0.3 is 9.64 Å². The van der Waals surface area contributed by atoms with Crippen molar-refractivity contribution < 1.29 is 13.9 Å². The number of amides is 1. The van der Waals surface area contributed by atoms with Gasteiger partial charge >= 0.3 is 11.8 Å². The number of ether oxygens (including phenoxy) is 1. The number of aromatic nitrogens is 3. The lowest BCUT2D eigenvalue weighted by Crippen LogP contribution is -2.43. The van der Waals surface area contributed by atoms with Crippen molar-refractivity contribution in [2.24, 2.45) is 0 Å². The quantitative estimate of drug-likeness (QED) is 0.640. The summed E-state index contributed by atoms with van der Waals surface area (Å²) in [4.78, 5) is 31.6. The first-order valence-electron chi connectivity index (χ1n) is 10.1. The predicted molar refractivity (Wildman–Crippen MR) is 111 cm³/mol. The van der Waals surface area contributed by atoms with Gasteiger partial charge in [-0.05, 0) is 63.9 Å². The van der Waals surface area contributed by atoms with Crippen LogP contribution in [-0.4, -0.2) is 43.8 Å². The molecule has 158 valence electrons. The molecule has 0 aliphatic carbocycles. The molecule has 1 amide bonds. The molecule has 1 aliphatic heterocycles. The highest BCUT2D eigenvalue weighted by atomic mass is 19.1. The Hall–Kier alpha value is -3.16. The minimum Gasteiger partial charge on any atom is -0.444 e. The fourth-order valence-electron chi connectivity index (χ4n) is 3.89. The molecular weight excluding hydrogens is 387 g/mol. The molecule has 0 bridgehead atoms. The first kappa shape index (κ1) is 20.1. The van der Waals surface area contributed by atoms with Crippen LogP contribution in [0.1, 0.15) is 39.7 Å². The molecule has 3 heterocycles. The maximum Gasteiger partial charge on any atom is 0.410 e. The largest absolute Gasteiger partial charge is 0.444 e. The fourth-order valence-corrected chi connectivity index (χ4v) is 3.89. The Morgan fingerprint density at radius 2 is 1.77 bits per heavy atom. The van der Waals surface area contributed by atoms with Crippen molar-refractivity contribution in [2.75, 3.05) is 13.1 Å². The van der Waals surface area contributed by atoms with E-state index in [9.17, 15) is 14.0 Å². The number of rotatable bonds is 2. The lowest BCUT2D eigenvalue weighted by Gasteiger charge is -2.33. The summed E-state index contributed by atoms with van der Waals surface area (Å²) in [6.07, 6.45) is 4.26. The Morgan fingerprint density at radius 3 is 2.40 bits per heavy atom. The van der Waals surface area contributed by atoms with Gasteiger partial charge in [-0.2, -0.15) is 0 Å². The number of nitrogens with zero attached hydrogens (tertiary/aromatic N) is 4. The number of imidazole rings is 1. The van der Waals surface area contributed by atoms with Crippen LogP contribution in [0.2, 0.25) is 0 Å². The van der Waals surface area contributed by atoms with Crippen molar-refractivity contribution in [2.45, 2.75) is 45.3 Å². The molecule has 30 heavy (non-hydrogen) atoms. The highest BCUT2D eigenvalue weighted by Crippen LogP contribution is 2.27. The Balaban J connectivity index is 1.65. The normalized spacial score (nSPS) is 15.5. The SMILES string of the molecule is CC(C)(C)OC(=O)N1CCC(n2c(=O)n(-c3ccc(F)cc3)c3cnccc32)CC1. The number of hydrogen-bond donors (Lipinski definition) is 0. The summed E-state index contributed by atoms with van der Waals surface area (Å²) in [7, 11) is 0. The number of piperidine rings is 1. The van der Waals surface area contributed by atoms with E-state index in [1.165, 1.54) is 12.1 Å². The Morgan fingerprint density at radius 1 is 1.10 bits per heavy atom. The second-order valence-electron chi connectivity index (χ2n) is 8.53. The third-order valence-corrected chi connectivity index (χ3v) is 5.24. The summed E-state index contributed by atoms with van der Waals surface area (Å²) >= 11 is 0. The van der Waals surface area contributed by atoms with Crippen LogP contribution >= 0.6 is 0 Å². The van der Waals surface area contributed by atoms with E-state index in [-0.39, 0.29) is 23.6 Å². The standard InChI is InChI=1S/C22H25FN4O3/c1-22(2,3)30-21(29)25-12-9-17(10-13-25)26-18-8-11-24-14-19(18)27(20(26)28)16-6-4-15(23)5-7-16/h4-8,11,14,17H,9-10,12-13H2,1-3H3. The minimum atomic E-state index is -0.541. The maximum absolute atomic E-state index is 13.4. The summed E-state index contributed by atoms with van der Waals surface area (Å²) in [5.41, 5.74) is 1.30. The van der Waals surface area contributed by atoms with Crippen molar-refractivity contribution in [1.29, 1.82) is 0 Å². The molecule has 3 aromatic rings. The third-order valence-electron chi connectivity index (χ3n) is 5.24. The van der Waals surface area contributed by atoms with E-state index in [4.69, 9.17) is 4.74 Å². The van der Waals surface area contributed by atoms with Gasteiger partial charge in [-0.1, -0.05) is 0 Å². The highest BCUT2D eigenvalue weighted by Gasteiger charge is 2.30. The van der Waals surface area contributed by atoms with Crippen LogP contribution in [0, 0.1) is 5.82 Å². The molecule has 0 N–H and O–H groups in total.